The van der Waals surface area contributed by atoms with Gasteiger partial charge in [-0.15, -0.1) is 12.4 Å². The fourth-order valence-corrected chi connectivity index (χ4v) is 3.16. The van der Waals surface area contributed by atoms with Gasteiger partial charge in [-0.3, -0.25) is 4.79 Å². The lowest BCUT2D eigenvalue weighted by molar-refractivity contribution is 0.0748. The van der Waals surface area contributed by atoms with Crippen LogP contribution in [0.15, 0.2) is 24.3 Å². The monoisotopic (exact) mass is 286 g/mol. The lowest BCUT2D eigenvalue weighted by Crippen LogP contribution is -2.46. The van der Waals surface area contributed by atoms with Crippen LogP contribution in [0.4, 0.5) is 5.69 Å². The lowest BCUT2D eigenvalue weighted by atomic mass is 10.1. The maximum absolute atomic E-state index is 12.3. The first-order chi connectivity index (χ1) is 7.98. The van der Waals surface area contributed by atoms with Crippen LogP contribution in [0.25, 0.3) is 0 Å². The molecule has 2 N–H and O–H groups in total. The van der Waals surface area contributed by atoms with Crippen molar-refractivity contribution in [3.05, 3.63) is 29.8 Å². The molecule has 0 saturated carbocycles. The summed E-state index contributed by atoms with van der Waals surface area (Å²) in [7, 11) is 0. The van der Waals surface area contributed by atoms with Gasteiger partial charge in [-0.05, 0) is 32.0 Å². The zero-order valence-electron chi connectivity index (χ0n) is 10.7. The maximum Gasteiger partial charge on any atom is 0.254 e. The third-order valence-electron chi connectivity index (χ3n) is 2.85. The predicted molar refractivity (Wildman–Crippen MR) is 80.5 cm³/mol. The third-order valence-corrected chi connectivity index (χ3v) is 4.14. The number of anilines is 1. The molecule has 1 aliphatic rings. The van der Waals surface area contributed by atoms with Gasteiger partial charge in [0.1, 0.15) is 0 Å². The number of nitrogen functional groups attached to an aromatic ring is 1. The SMILES string of the molecule is CC1(C)CN(C(=O)c2cccc(N)c2)CCS1.Cl. The number of nitrogens with zero attached hydrogens (tertiary/aromatic N) is 1. The van der Waals surface area contributed by atoms with Crippen LogP contribution in [-0.2, 0) is 0 Å². The molecule has 18 heavy (non-hydrogen) atoms. The summed E-state index contributed by atoms with van der Waals surface area (Å²) in [4.78, 5) is 14.2. The molecule has 5 heteroatoms. The molecule has 3 nitrogen and oxygen atoms in total. The highest BCUT2D eigenvalue weighted by atomic mass is 35.5. The van der Waals surface area contributed by atoms with E-state index in [4.69, 9.17) is 5.73 Å². The fraction of sp³-hybridized carbons (Fsp3) is 0.462. The zero-order chi connectivity index (χ0) is 12.5. The van der Waals surface area contributed by atoms with Crippen molar-refractivity contribution < 1.29 is 4.79 Å². The van der Waals surface area contributed by atoms with E-state index in [0.717, 1.165) is 18.8 Å². The number of hydrogen-bond acceptors (Lipinski definition) is 3. The second kappa shape index (κ2) is 5.85. The highest BCUT2D eigenvalue weighted by Crippen LogP contribution is 2.30. The summed E-state index contributed by atoms with van der Waals surface area (Å²) < 4.78 is 0.147. The molecule has 100 valence electrons. The molecule has 1 aliphatic heterocycles. The molecule has 0 atom stereocenters. The molecule has 1 saturated heterocycles. The van der Waals surface area contributed by atoms with E-state index in [0.29, 0.717) is 11.3 Å². The number of benzene rings is 1. The molecule has 1 aromatic rings. The molecule has 0 unspecified atom stereocenters. The van der Waals surface area contributed by atoms with Gasteiger partial charge in [0, 0.05) is 34.8 Å². The van der Waals surface area contributed by atoms with Crippen LogP contribution in [0.2, 0.25) is 0 Å². The van der Waals surface area contributed by atoms with Gasteiger partial charge in [-0.1, -0.05) is 6.07 Å². The van der Waals surface area contributed by atoms with Crippen LogP contribution < -0.4 is 5.73 Å². The Kier molecular flexibility index (Phi) is 4.93. The van der Waals surface area contributed by atoms with Gasteiger partial charge < -0.3 is 10.6 Å². The van der Waals surface area contributed by atoms with E-state index >= 15 is 0 Å². The normalized spacial score (nSPS) is 18.0. The van der Waals surface area contributed by atoms with Crippen LogP contribution in [0.1, 0.15) is 24.2 Å². The summed E-state index contributed by atoms with van der Waals surface area (Å²) in [6.45, 7) is 5.97. The lowest BCUT2D eigenvalue weighted by Gasteiger charge is -2.37. The van der Waals surface area contributed by atoms with E-state index in [1.807, 2.05) is 28.8 Å². The number of thioether (sulfide) groups is 1. The highest BCUT2D eigenvalue weighted by molar-refractivity contribution is 8.00. The smallest absolute Gasteiger partial charge is 0.254 e. The van der Waals surface area contributed by atoms with Crippen LogP contribution in [0.3, 0.4) is 0 Å². The van der Waals surface area contributed by atoms with Crippen molar-refractivity contribution in [3.63, 3.8) is 0 Å². The Morgan fingerprint density at radius 1 is 1.44 bits per heavy atom. The van der Waals surface area contributed by atoms with Gasteiger partial charge in [0.05, 0.1) is 0 Å². The summed E-state index contributed by atoms with van der Waals surface area (Å²) in [5.74, 6) is 1.09. The first kappa shape index (κ1) is 15.2. The summed E-state index contributed by atoms with van der Waals surface area (Å²) in [6, 6.07) is 7.20. The third kappa shape index (κ3) is 3.56. The molecule has 0 aliphatic carbocycles. The highest BCUT2D eigenvalue weighted by Gasteiger charge is 2.30. The fourth-order valence-electron chi connectivity index (χ4n) is 2.04. The van der Waals surface area contributed by atoms with Gasteiger partial charge in [-0.2, -0.15) is 11.8 Å². The van der Waals surface area contributed by atoms with Crippen LogP contribution in [0, 0.1) is 0 Å². The number of rotatable bonds is 1. The van der Waals surface area contributed by atoms with Gasteiger partial charge in [0.25, 0.3) is 5.91 Å². The topological polar surface area (TPSA) is 46.3 Å². The Labute approximate surface area is 119 Å². The zero-order valence-corrected chi connectivity index (χ0v) is 12.3. The molecule has 0 aromatic heterocycles. The molecular formula is C13H19ClN2OS. The van der Waals surface area contributed by atoms with Gasteiger partial charge in [0.15, 0.2) is 0 Å². The minimum atomic E-state index is 0. The van der Waals surface area contributed by atoms with E-state index < -0.39 is 0 Å². The Balaban J connectivity index is 0.00000162. The molecule has 1 aromatic carbocycles. The second-order valence-electron chi connectivity index (χ2n) is 4.96. The Bertz CT molecular complexity index is 437. The van der Waals surface area contributed by atoms with Gasteiger partial charge in [0.2, 0.25) is 0 Å². The predicted octanol–water partition coefficient (Wildman–Crippen LogP) is 2.66. The van der Waals surface area contributed by atoms with Crippen molar-refractivity contribution >= 4 is 35.8 Å². The molecule has 0 radical (unpaired) electrons. The summed E-state index contributed by atoms with van der Waals surface area (Å²) >= 11 is 1.92. The Hall–Kier alpha value is -0.870. The summed E-state index contributed by atoms with van der Waals surface area (Å²) in [5.41, 5.74) is 7.03. The Morgan fingerprint density at radius 3 is 2.78 bits per heavy atom. The largest absolute Gasteiger partial charge is 0.399 e. The molecule has 0 bridgehead atoms. The molecule has 1 heterocycles. The van der Waals surface area contributed by atoms with Crippen molar-refractivity contribution in [2.24, 2.45) is 0 Å². The van der Waals surface area contributed by atoms with Crippen molar-refractivity contribution in [1.82, 2.24) is 4.90 Å². The van der Waals surface area contributed by atoms with Gasteiger partial charge in [-0.25, -0.2) is 0 Å². The molecular weight excluding hydrogens is 268 g/mol. The quantitative estimate of drug-likeness (QED) is 0.808. The number of nitrogens with two attached hydrogens (primary N) is 1. The molecule has 0 spiro atoms. The van der Waals surface area contributed by atoms with E-state index in [1.165, 1.54) is 0 Å². The molecule has 2 rings (SSSR count). The standard InChI is InChI=1S/C13H18N2OS.ClH/c1-13(2)9-15(6-7-17-13)12(16)10-4-3-5-11(14)8-10;/h3-5,8H,6-7,9,14H2,1-2H3;1H. The minimum absolute atomic E-state index is 0. The van der Waals surface area contributed by atoms with Gasteiger partial charge >= 0.3 is 0 Å². The number of amides is 1. The summed E-state index contributed by atoms with van der Waals surface area (Å²) in [6.07, 6.45) is 0. The van der Waals surface area contributed by atoms with Crippen molar-refractivity contribution in [3.8, 4) is 0 Å². The average Bonchev–Trinajstić information content (AvgIpc) is 2.26. The van der Waals surface area contributed by atoms with Crippen LogP contribution >= 0.6 is 24.2 Å². The first-order valence-electron chi connectivity index (χ1n) is 5.77. The van der Waals surface area contributed by atoms with Crippen molar-refractivity contribution in [1.29, 1.82) is 0 Å². The minimum Gasteiger partial charge on any atom is -0.399 e. The van der Waals surface area contributed by atoms with Crippen LogP contribution in [-0.4, -0.2) is 34.4 Å². The first-order valence-corrected chi connectivity index (χ1v) is 6.75. The summed E-state index contributed by atoms with van der Waals surface area (Å²) in [5, 5.41) is 0. The van der Waals surface area contributed by atoms with E-state index in [-0.39, 0.29) is 23.1 Å². The molecule has 1 amide bonds. The van der Waals surface area contributed by atoms with Crippen LogP contribution in [0.5, 0.6) is 0 Å². The number of carbonyl (C=O) groups is 1. The molecule has 1 fully saturated rings. The van der Waals surface area contributed by atoms with E-state index in [1.54, 1.807) is 12.1 Å². The van der Waals surface area contributed by atoms with E-state index in [2.05, 4.69) is 13.8 Å². The van der Waals surface area contributed by atoms with E-state index in [9.17, 15) is 4.79 Å². The Morgan fingerprint density at radius 2 is 2.17 bits per heavy atom. The van der Waals surface area contributed by atoms with Crippen molar-refractivity contribution in [2.75, 3.05) is 24.6 Å². The second-order valence-corrected chi connectivity index (χ2v) is 6.76. The number of carbonyl (C=O) groups excluding carboxylic acids is 1. The average molecular weight is 287 g/mol. The van der Waals surface area contributed by atoms with Crippen molar-refractivity contribution in [2.45, 2.75) is 18.6 Å². The maximum atomic E-state index is 12.3. The number of hydrogen-bond donors (Lipinski definition) is 1. The number of halogens is 1.